The summed E-state index contributed by atoms with van der Waals surface area (Å²) < 4.78 is 0. The minimum absolute atomic E-state index is 0.112. The summed E-state index contributed by atoms with van der Waals surface area (Å²) >= 11 is 0. The molecular weight excluding hydrogens is 224 g/mol. The van der Waals surface area contributed by atoms with E-state index in [9.17, 15) is 4.79 Å². The molecule has 1 aromatic rings. The Morgan fingerprint density at radius 3 is 2.61 bits per heavy atom. The number of anilines is 1. The van der Waals surface area contributed by atoms with Gasteiger partial charge in [0.2, 0.25) is 5.91 Å². The van der Waals surface area contributed by atoms with Gasteiger partial charge in [-0.25, -0.2) is 0 Å². The summed E-state index contributed by atoms with van der Waals surface area (Å²) in [5, 5.41) is 6.21. The molecule has 1 rings (SSSR count). The predicted octanol–water partition coefficient (Wildman–Crippen LogP) is 2.88. The first-order valence-electron chi connectivity index (χ1n) is 6.57. The van der Waals surface area contributed by atoms with E-state index in [0.717, 1.165) is 12.2 Å². The van der Waals surface area contributed by atoms with E-state index in [2.05, 4.69) is 56.5 Å². The minimum Gasteiger partial charge on any atom is -0.384 e. The van der Waals surface area contributed by atoms with E-state index in [1.165, 1.54) is 11.1 Å². The van der Waals surface area contributed by atoms with Crippen LogP contribution in [0.15, 0.2) is 18.2 Å². The van der Waals surface area contributed by atoms with Gasteiger partial charge in [0.1, 0.15) is 0 Å². The molecule has 18 heavy (non-hydrogen) atoms. The van der Waals surface area contributed by atoms with E-state index in [4.69, 9.17) is 0 Å². The van der Waals surface area contributed by atoms with Crippen LogP contribution in [0, 0.1) is 19.8 Å². The molecule has 0 saturated carbocycles. The highest BCUT2D eigenvalue weighted by atomic mass is 16.1. The fourth-order valence-corrected chi connectivity index (χ4v) is 1.73. The molecule has 3 nitrogen and oxygen atoms in total. The van der Waals surface area contributed by atoms with E-state index >= 15 is 0 Å². The first kappa shape index (κ1) is 14.6. The number of hydrogen-bond acceptors (Lipinski definition) is 2. The predicted molar refractivity (Wildman–Crippen MR) is 76.9 cm³/mol. The fourth-order valence-electron chi connectivity index (χ4n) is 1.73. The number of amides is 1. The van der Waals surface area contributed by atoms with Crippen LogP contribution in [0.25, 0.3) is 0 Å². The number of rotatable bonds is 6. The Morgan fingerprint density at radius 1 is 1.28 bits per heavy atom. The van der Waals surface area contributed by atoms with Crippen LogP contribution >= 0.6 is 0 Å². The lowest BCUT2D eigenvalue weighted by atomic mass is 10.1. The second-order valence-electron chi connectivity index (χ2n) is 5.19. The Balaban J connectivity index is 2.31. The molecule has 0 heterocycles. The third-order valence-electron chi connectivity index (χ3n) is 2.76. The molecule has 0 aliphatic heterocycles. The quantitative estimate of drug-likeness (QED) is 0.812. The van der Waals surface area contributed by atoms with Crippen LogP contribution in [0.5, 0.6) is 0 Å². The van der Waals surface area contributed by atoms with Crippen molar-refractivity contribution in [1.82, 2.24) is 5.32 Å². The lowest BCUT2D eigenvalue weighted by Crippen LogP contribution is -2.28. The molecule has 2 N–H and O–H groups in total. The highest BCUT2D eigenvalue weighted by Gasteiger charge is 2.03. The maximum atomic E-state index is 11.5. The molecule has 0 spiro atoms. The van der Waals surface area contributed by atoms with Crippen LogP contribution in [0.2, 0.25) is 0 Å². The molecule has 0 bridgehead atoms. The van der Waals surface area contributed by atoms with Gasteiger partial charge >= 0.3 is 0 Å². The molecule has 0 fully saturated rings. The molecular formula is C15H24N2O. The third kappa shape index (κ3) is 5.21. The van der Waals surface area contributed by atoms with E-state index < -0.39 is 0 Å². The highest BCUT2D eigenvalue weighted by Crippen LogP contribution is 2.15. The van der Waals surface area contributed by atoms with E-state index in [-0.39, 0.29) is 5.91 Å². The summed E-state index contributed by atoms with van der Waals surface area (Å²) in [4.78, 5) is 11.5. The zero-order valence-corrected chi connectivity index (χ0v) is 11.8. The van der Waals surface area contributed by atoms with Gasteiger partial charge in [-0.05, 0) is 31.4 Å². The molecule has 100 valence electrons. The zero-order valence-electron chi connectivity index (χ0n) is 11.8. The maximum absolute atomic E-state index is 11.5. The summed E-state index contributed by atoms with van der Waals surface area (Å²) in [6, 6.07) is 6.28. The normalized spacial score (nSPS) is 10.5. The number of carbonyl (C=O) groups excluding carboxylic acids is 1. The summed E-state index contributed by atoms with van der Waals surface area (Å²) in [6.07, 6.45) is 0.514. The van der Waals surface area contributed by atoms with Gasteiger partial charge in [0.15, 0.2) is 0 Å². The molecule has 0 aromatic heterocycles. The van der Waals surface area contributed by atoms with Gasteiger partial charge in [0.25, 0.3) is 0 Å². The monoisotopic (exact) mass is 248 g/mol. The average molecular weight is 248 g/mol. The molecule has 0 saturated heterocycles. The van der Waals surface area contributed by atoms with E-state index in [0.29, 0.717) is 18.9 Å². The van der Waals surface area contributed by atoms with Crippen molar-refractivity contribution in [2.24, 2.45) is 5.92 Å². The van der Waals surface area contributed by atoms with Gasteiger partial charge in [-0.2, -0.15) is 0 Å². The fraction of sp³-hybridized carbons (Fsp3) is 0.533. The van der Waals surface area contributed by atoms with Crippen molar-refractivity contribution in [1.29, 1.82) is 0 Å². The average Bonchev–Trinajstić information content (AvgIpc) is 2.29. The molecule has 3 heteroatoms. The Labute approximate surface area is 110 Å². The lowest BCUT2D eigenvalue weighted by Gasteiger charge is -2.11. The van der Waals surface area contributed by atoms with Crippen molar-refractivity contribution < 1.29 is 4.79 Å². The lowest BCUT2D eigenvalue weighted by molar-refractivity contribution is -0.120. The largest absolute Gasteiger partial charge is 0.384 e. The molecule has 0 atom stereocenters. The van der Waals surface area contributed by atoms with Crippen LogP contribution in [-0.2, 0) is 4.79 Å². The van der Waals surface area contributed by atoms with Crippen LogP contribution in [0.1, 0.15) is 31.4 Å². The standard InChI is InChI=1S/C15H24N2O/c1-11(2)10-17-15(18)7-8-16-14-6-5-12(3)9-13(14)4/h5-6,9,11,16H,7-8,10H2,1-4H3,(H,17,18). The zero-order chi connectivity index (χ0) is 13.5. The van der Waals surface area contributed by atoms with Gasteiger partial charge in [-0.1, -0.05) is 31.5 Å². The Hall–Kier alpha value is -1.51. The van der Waals surface area contributed by atoms with E-state index in [1.54, 1.807) is 0 Å². The summed E-state index contributed by atoms with van der Waals surface area (Å²) in [7, 11) is 0. The van der Waals surface area contributed by atoms with Crippen molar-refractivity contribution in [2.75, 3.05) is 18.4 Å². The smallest absolute Gasteiger partial charge is 0.221 e. The minimum atomic E-state index is 0.112. The third-order valence-corrected chi connectivity index (χ3v) is 2.76. The number of hydrogen-bond donors (Lipinski definition) is 2. The summed E-state index contributed by atoms with van der Waals surface area (Å²) in [5.74, 6) is 0.613. The van der Waals surface area contributed by atoms with Crippen LogP contribution in [-0.4, -0.2) is 19.0 Å². The second kappa shape index (κ2) is 7.04. The Kier molecular flexibility index (Phi) is 5.69. The van der Waals surface area contributed by atoms with Gasteiger partial charge < -0.3 is 10.6 Å². The van der Waals surface area contributed by atoms with Gasteiger partial charge in [-0.3, -0.25) is 4.79 Å². The second-order valence-corrected chi connectivity index (χ2v) is 5.19. The molecule has 0 unspecified atom stereocenters. The van der Waals surface area contributed by atoms with Crippen molar-refractivity contribution in [3.8, 4) is 0 Å². The van der Waals surface area contributed by atoms with Crippen LogP contribution in [0.3, 0.4) is 0 Å². The number of carbonyl (C=O) groups is 1. The van der Waals surface area contributed by atoms with Crippen LogP contribution in [0.4, 0.5) is 5.69 Å². The van der Waals surface area contributed by atoms with E-state index in [1.807, 2.05) is 0 Å². The summed E-state index contributed by atoms with van der Waals surface area (Å²) in [6.45, 7) is 9.77. The number of benzene rings is 1. The van der Waals surface area contributed by atoms with Crippen molar-refractivity contribution in [3.05, 3.63) is 29.3 Å². The van der Waals surface area contributed by atoms with Crippen molar-refractivity contribution >= 4 is 11.6 Å². The topological polar surface area (TPSA) is 41.1 Å². The molecule has 1 amide bonds. The molecule has 0 aliphatic rings. The number of aryl methyl sites for hydroxylation is 2. The first-order valence-corrected chi connectivity index (χ1v) is 6.57. The van der Waals surface area contributed by atoms with Crippen molar-refractivity contribution in [2.45, 2.75) is 34.1 Å². The van der Waals surface area contributed by atoms with Gasteiger partial charge in [0.05, 0.1) is 0 Å². The highest BCUT2D eigenvalue weighted by molar-refractivity contribution is 5.76. The molecule has 1 aromatic carbocycles. The maximum Gasteiger partial charge on any atom is 0.221 e. The molecule has 0 radical (unpaired) electrons. The van der Waals surface area contributed by atoms with Crippen molar-refractivity contribution in [3.63, 3.8) is 0 Å². The Morgan fingerprint density at radius 2 is 2.00 bits per heavy atom. The molecule has 0 aliphatic carbocycles. The van der Waals surface area contributed by atoms with Gasteiger partial charge in [-0.15, -0.1) is 0 Å². The number of nitrogens with one attached hydrogen (secondary N) is 2. The van der Waals surface area contributed by atoms with Gasteiger partial charge in [0, 0.05) is 25.2 Å². The summed E-state index contributed by atoms with van der Waals surface area (Å²) in [5.41, 5.74) is 3.59. The first-order chi connectivity index (χ1) is 8.49. The van der Waals surface area contributed by atoms with Crippen LogP contribution < -0.4 is 10.6 Å². The SMILES string of the molecule is Cc1ccc(NCCC(=O)NCC(C)C)c(C)c1. The Bertz CT molecular complexity index is 399.